The molecule has 1 N–H and O–H groups in total. The summed E-state index contributed by atoms with van der Waals surface area (Å²) < 4.78 is 14.6. The molecule has 1 saturated carbocycles. The molecule has 1 aromatic heterocycles. The molecule has 1 aliphatic carbocycles. The van der Waals surface area contributed by atoms with Gasteiger partial charge in [-0.3, -0.25) is 9.78 Å². The molecule has 0 aliphatic heterocycles. The number of carbonyl (C=O) groups excluding carboxylic acids is 1. The average molecular weight is 348 g/mol. The van der Waals surface area contributed by atoms with E-state index in [1.165, 1.54) is 11.1 Å². The van der Waals surface area contributed by atoms with E-state index < -0.39 is 5.82 Å². The van der Waals surface area contributed by atoms with Crippen molar-refractivity contribution in [3.8, 4) is 0 Å². The molecule has 26 heavy (non-hydrogen) atoms. The summed E-state index contributed by atoms with van der Waals surface area (Å²) in [5.74, 6) is -0.359. The number of pyridine rings is 1. The van der Waals surface area contributed by atoms with Crippen molar-refractivity contribution >= 4 is 22.4 Å². The fraction of sp³-hybridized carbons (Fsp3) is 0.273. The molecule has 2 aromatic carbocycles. The van der Waals surface area contributed by atoms with E-state index in [0.717, 1.165) is 24.6 Å². The van der Waals surface area contributed by atoms with Crippen LogP contribution in [0.5, 0.6) is 0 Å². The maximum Gasteiger partial charge on any atom is 0.228 e. The van der Waals surface area contributed by atoms with Gasteiger partial charge in [-0.15, -0.1) is 0 Å². The molecule has 132 valence electrons. The van der Waals surface area contributed by atoms with Crippen LogP contribution in [0.4, 0.5) is 10.1 Å². The van der Waals surface area contributed by atoms with E-state index in [1.807, 2.05) is 0 Å². The van der Waals surface area contributed by atoms with Gasteiger partial charge in [0.2, 0.25) is 5.91 Å². The highest BCUT2D eigenvalue weighted by Crippen LogP contribution is 2.48. The van der Waals surface area contributed by atoms with Gasteiger partial charge >= 0.3 is 0 Å². The smallest absolute Gasteiger partial charge is 0.228 e. The van der Waals surface area contributed by atoms with E-state index in [2.05, 4.69) is 41.5 Å². The van der Waals surface area contributed by atoms with Crippen LogP contribution in [0.15, 0.2) is 54.9 Å². The lowest BCUT2D eigenvalue weighted by Gasteiger charge is -2.09. The molecule has 4 heteroatoms. The van der Waals surface area contributed by atoms with E-state index in [0.29, 0.717) is 5.39 Å². The molecule has 2 unspecified atom stereocenters. The quantitative estimate of drug-likeness (QED) is 0.699. The minimum Gasteiger partial charge on any atom is -0.323 e. The minimum atomic E-state index is -0.402. The fourth-order valence-electron chi connectivity index (χ4n) is 3.57. The van der Waals surface area contributed by atoms with E-state index in [4.69, 9.17) is 0 Å². The SMILES string of the molecule is CCCc1cccc(C2CC2C(=O)Nc2ccc3cnccc3c2F)c1. The van der Waals surface area contributed by atoms with Crippen LogP contribution in [0.2, 0.25) is 0 Å². The summed E-state index contributed by atoms with van der Waals surface area (Å²) in [5, 5.41) is 3.96. The molecule has 3 nitrogen and oxygen atoms in total. The summed E-state index contributed by atoms with van der Waals surface area (Å²) in [6.07, 6.45) is 6.14. The zero-order valence-electron chi connectivity index (χ0n) is 14.7. The summed E-state index contributed by atoms with van der Waals surface area (Å²) in [6.45, 7) is 2.16. The lowest BCUT2D eigenvalue weighted by Crippen LogP contribution is -2.15. The standard InChI is InChI=1S/C22H21FN2O/c1-2-4-14-5-3-6-15(11-14)18-12-19(18)22(26)25-20-8-7-16-13-24-10-9-17(16)21(20)23/h3,5-11,13,18-19H,2,4,12H2,1H3,(H,25,26). The van der Waals surface area contributed by atoms with Gasteiger partial charge in [0, 0.05) is 29.1 Å². The van der Waals surface area contributed by atoms with Gasteiger partial charge in [0.1, 0.15) is 0 Å². The number of aryl methyl sites for hydroxylation is 1. The first-order valence-corrected chi connectivity index (χ1v) is 9.09. The summed E-state index contributed by atoms with van der Waals surface area (Å²) in [4.78, 5) is 16.6. The third-order valence-electron chi connectivity index (χ3n) is 5.06. The van der Waals surface area contributed by atoms with Gasteiger partial charge < -0.3 is 5.32 Å². The Bertz CT molecular complexity index is 969. The number of fused-ring (bicyclic) bond motifs is 1. The predicted octanol–water partition coefficient (Wildman–Crippen LogP) is 5.07. The maximum atomic E-state index is 14.6. The van der Waals surface area contributed by atoms with Crippen molar-refractivity contribution in [3.05, 3.63) is 71.8 Å². The molecule has 1 fully saturated rings. The second-order valence-corrected chi connectivity index (χ2v) is 6.96. The van der Waals surface area contributed by atoms with Crippen molar-refractivity contribution < 1.29 is 9.18 Å². The van der Waals surface area contributed by atoms with Crippen LogP contribution in [0.3, 0.4) is 0 Å². The Hall–Kier alpha value is -2.75. The molecule has 3 aromatic rings. The number of nitrogens with one attached hydrogen (secondary N) is 1. The van der Waals surface area contributed by atoms with Crippen LogP contribution in [-0.4, -0.2) is 10.9 Å². The van der Waals surface area contributed by atoms with Crippen molar-refractivity contribution in [1.29, 1.82) is 0 Å². The molecule has 2 atom stereocenters. The number of carbonyl (C=O) groups is 1. The Morgan fingerprint density at radius 3 is 3.00 bits per heavy atom. The van der Waals surface area contributed by atoms with Gasteiger partial charge in [0.05, 0.1) is 5.69 Å². The fourth-order valence-corrected chi connectivity index (χ4v) is 3.57. The zero-order valence-corrected chi connectivity index (χ0v) is 14.7. The summed E-state index contributed by atoms with van der Waals surface area (Å²) in [6, 6.07) is 13.5. The van der Waals surface area contributed by atoms with Gasteiger partial charge in [-0.1, -0.05) is 43.7 Å². The Balaban J connectivity index is 1.48. The molecule has 4 rings (SSSR count). The molecule has 0 bridgehead atoms. The van der Waals surface area contributed by atoms with Gasteiger partial charge in [0.15, 0.2) is 5.82 Å². The molecule has 0 saturated heterocycles. The van der Waals surface area contributed by atoms with Crippen molar-refractivity contribution in [2.45, 2.75) is 32.1 Å². The van der Waals surface area contributed by atoms with Crippen LogP contribution < -0.4 is 5.32 Å². The molecular formula is C22H21FN2O. The molecule has 0 spiro atoms. The first-order valence-electron chi connectivity index (χ1n) is 9.09. The largest absolute Gasteiger partial charge is 0.323 e. The van der Waals surface area contributed by atoms with Gasteiger partial charge in [-0.2, -0.15) is 0 Å². The number of hydrogen-bond donors (Lipinski definition) is 1. The van der Waals surface area contributed by atoms with Crippen LogP contribution in [0.25, 0.3) is 10.8 Å². The number of benzene rings is 2. The van der Waals surface area contributed by atoms with Crippen LogP contribution in [0.1, 0.15) is 36.8 Å². The summed E-state index contributed by atoms with van der Waals surface area (Å²) >= 11 is 0. The van der Waals surface area contributed by atoms with Gasteiger partial charge in [0.25, 0.3) is 0 Å². The number of halogens is 1. The second-order valence-electron chi connectivity index (χ2n) is 6.96. The number of rotatable bonds is 5. The number of nitrogens with zero attached hydrogens (tertiary/aromatic N) is 1. The van der Waals surface area contributed by atoms with E-state index in [1.54, 1.807) is 30.6 Å². The Morgan fingerprint density at radius 1 is 1.27 bits per heavy atom. The molecule has 0 radical (unpaired) electrons. The summed E-state index contributed by atoms with van der Waals surface area (Å²) in [5.41, 5.74) is 2.76. The van der Waals surface area contributed by atoms with Crippen molar-refractivity contribution in [2.75, 3.05) is 5.32 Å². The normalized spacial score (nSPS) is 18.7. The Labute approximate surface area is 152 Å². The molecule has 1 aliphatic rings. The lowest BCUT2D eigenvalue weighted by atomic mass is 10.0. The highest BCUT2D eigenvalue weighted by Gasteiger charge is 2.44. The topological polar surface area (TPSA) is 42.0 Å². The predicted molar refractivity (Wildman–Crippen MR) is 102 cm³/mol. The number of hydrogen-bond acceptors (Lipinski definition) is 2. The number of amides is 1. The highest BCUT2D eigenvalue weighted by atomic mass is 19.1. The van der Waals surface area contributed by atoms with E-state index in [-0.39, 0.29) is 23.4 Å². The van der Waals surface area contributed by atoms with E-state index in [9.17, 15) is 9.18 Å². The zero-order chi connectivity index (χ0) is 18.1. The molecule has 1 heterocycles. The summed E-state index contributed by atoms with van der Waals surface area (Å²) in [7, 11) is 0. The lowest BCUT2D eigenvalue weighted by molar-refractivity contribution is -0.117. The second kappa shape index (κ2) is 6.87. The average Bonchev–Trinajstić information content (AvgIpc) is 3.46. The monoisotopic (exact) mass is 348 g/mol. The Morgan fingerprint density at radius 2 is 2.15 bits per heavy atom. The van der Waals surface area contributed by atoms with Crippen LogP contribution in [-0.2, 0) is 11.2 Å². The van der Waals surface area contributed by atoms with Gasteiger partial charge in [-0.25, -0.2) is 4.39 Å². The first-order chi connectivity index (χ1) is 12.7. The van der Waals surface area contributed by atoms with Crippen molar-refractivity contribution in [3.63, 3.8) is 0 Å². The third-order valence-corrected chi connectivity index (χ3v) is 5.06. The number of anilines is 1. The van der Waals surface area contributed by atoms with Crippen LogP contribution in [0, 0.1) is 11.7 Å². The molecule has 1 amide bonds. The number of aromatic nitrogens is 1. The molecular weight excluding hydrogens is 327 g/mol. The van der Waals surface area contributed by atoms with Crippen molar-refractivity contribution in [2.24, 2.45) is 5.92 Å². The van der Waals surface area contributed by atoms with Crippen molar-refractivity contribution in [1.82, 2.24) is 4.98 Å². The third kappa shape index (κ3) is 3.19. The first kappa shape index (κ1) is 16.7. The Kier molecular flexibility index (Phi) is 4.41. The van der Waals surface area contributed by atoms with Crippen LogP contribution >= 0.6 is 0 Å². The minimum absolute atomic E-state index is 0.0839. The van der Waals surface area contributed by atoms with Gasteiger partial charge in [-0.05, 0) is 42.0 Å². The highest BCUT2D eigenvalue weighted by molar-refractivity contribution is 5.97. The maximum absolute atomic E-state index is 14.6. The van der Waals surface area contributed by atoms with E-state index >= 15 is 0 Å².